The van der Waals surface area contributed by atoms with Gasteiger partial charge in [0.2, 0.25) is 0 Å². The van der Waals surface area contributed by atoms with Gasteiger partial charge in [-0.05, 0) is 38.1 Å². The zero-order valence-electron chi connectivity index (χ0n) is 11.8. The molecule has 0 aromatic heterocycles. The van der Waals surface area contributed by atoms with Crippen LogP contribution in [0.4, 0.5) is 0 Å². The van der Waals surface area contributed by atoms with Crippen molar-refractivity contribution in [1.29, 1.82) is 0 Å². The molecule has 0 saturated carbocycles. The molecule has 0 aliphatic carbocycles. The molecule has 0 radical (unpaired) electrons. The first-order valence-corrected chi connectivity index (χ1v) is 6.19. The Morgan fingerprint density at radius 3 is 2.63 bits per heavy atom. The summed E-state index contributed by atoms with van der Waals surface area (Å²) in [4.78, 5) is 11.3. The minimum Gasteiger partial charge on any atom is -0.493 e. The summed E-state index contributed by atoms with van der Waals surface area (Å²) in [5, 5.41) is 12.2. The lowest BCUT2D eigenvalue weighted by Gasteiger charge is -2.26. The van der Waals surface area contributed by atoms with E-state index in [1.54, 1.807) is 20.1 Å². The summed E-state index contributed by atoms with van der Waals surface area (Å²) in [6, 6.07) is 5.52. The summed E-state index contributed by atoms with van der Waals surface area (Å²) >= 11 is 0. The maximum atomic E-state index is 11.3. The van der Waals surface area contributed by atoms with Gasteiger partial charge in [0, 0.05) is 0 Å². The highest BCUT2D eigenvalue weighted by atomic mass is 16.5. The summed E-state index contributed by atoms with van der Waals surface area (Å²) < 4.78 is 10.8. The van der Waals surface area contributed by atoms with Gasteiger partial charge in [0.1, 0.15) is 12.1 Å². The number of aliphatic carboxylic acids is 1. The van der Waals surface area contributed by atoms with E-state index < -0.39 is 11.5 Å². The molecule has 2 N–H and O–H groups in total. The number of aryl methyl sites for hydroxylation is 1. The Morgan fingerprint density at radius 1 is 1.42 bits per heavy atom. The topological polar surface area (TPSA) is 67.8 Å². The van der Waals surface area contributed by atoms with Gasteiger partial charge < -0.3 is 14.6 Å². The Balaban J connectivity index is 2.82. The van der Waals surface area contributed by atoms with Crippen molar-refractivity contribution in [3.8, 4) is 11.5 Å². The molecule has 0 fully saturated rings. The smallest absolute Gasteiger partial charge is 0.327 e. The number of carbonyl (C=O) groups is 1. The molecule has 0 aliphatic rings. The Bertz CT molecular complexity index is 447. The van der Waals surface area contributed by atoms with Gasteiger partial charge in [-0.2, -0.15) is 0 Å². The second kappa shape index (κ2) is 6.43. The Hall–Kier alpha value is -1.75. The molecule has 0 saturated heterocycles. The number of ether oxygens (including phenoxy) is 2. The molecule has 0 aliphatic heterocycles. The van der Waals surface area contributed by atoms with Crippen LogP contribution >= 0.6 is 0 Å². The Labute approximate surface area is 113 Å². The van der Waals surface area contributed by atoms with Crippen LogP contribution in [0, 0.1) is 6.92 Å². The highest BCUT2D eigenvalue weighted by Crippen LogP contribution is 2.28. The monoisotopic (exact) mass is 267 g/mol. The van der Waals surface area contributed by atoms with Crippen molar-refractivity contribution < 1.29 is 19.4 Å². The van der Waals surface area contributed by atoms with Crippen LogP contribution in [0.1, 0.15) is 19.4 Å². The van der Waals surface area contributed by atoms with Crippen molar-refractivity contribution in [2.75, 3.05) is 20.3 Å². The molecule has 1 rings (SSSR count). The van der Waals surface area contributed by atoms with Gasteiger partial charge in [-0.1, -0.05) is 13.0 Å². The second-order valence-electron chi connectivity index (χ2n) is 4.61. The van der Waals surface area contributed by atoms with Gasteiger partial charge in [0.15, 0.2) is 11.5 Å². The van der Waals surface area contributed by atoms with E-state index in [1.165, 1.54) is 0 Å². The molecular formula is C14H21NO4. The van der Waals surface area contributed by atoms with E-state index in [0.717, 1.165) is 5.56 Å². The zero-order valence-corrected chi connectivity index (χ0v) is 11.8. The number of rotatable bonds is 7. The number of hydrogen-bond donors (Lipinski definition) is 2. The number of methoxy groups -OCH3 is 1. The maximum absolute atomic E-state index is 11.3. The van der Waals surface area contributed by atoms with Crippen LogP contribution in [0.3, 0.4) is 0 Å². The SMILES string of the molecule is CCNC(C)(COc1ccc(C)cc1OC)C(=O)O. The molecule has 0 heterocycles. The van der Waals surface area contributed by atoms with E-state index in [9.17, 15) is 9.90 Å². The van der Waals surface area contributed by atoms with Crippen molar-refractivity contribution in [2.24, 2.45) is 0 Å². The quantitative estimate of drug-likeness (QED) is 0.789. The molecule has 5 heteroatoms. The average molecular weight is 267 g/mol. The molecule has 0 bridgehead atoms. The maximum Gasteiger partial charge on any atom is 0.327 e. The fourth-order valence-electron chi connectivity index (χ4n) is 1.69. The lowest BCUT2D eigenvalue weighted by molar-refractivity contribution is -0.145. The molecule has 106 valence electrons. The predicted molar refractivity (Wildman–Crippen MR) is 72.9 cm³/mol. The summed E-state index contributed by atoms with van der Waals surface area (Å²) in [5.41, 5.74) is -0.0677. The number of nitrogens with one attached hydrogen (secondary N) is 1. The minimum atomic E-state index is -1.12. The van der Waals surface area contributed by atoms with Crippen molar-refractivity contribution in [2.45, 2.75) is 26.3 Å². The van der Waals surface area contributed by atoms with Crippen LogP contribution < -0.4 is 14.8 Å². The van der Waals surface area contributed by atoms with E-state index in [2.05, 4.69) is 5.32 Å². The van der Waals surface area contributed by atoms with Gasteiger partial charge in [0.05, 0.1) is 7.11 Å². The molecule has 1 atom stereocenters. The largest absolute Gasteiger partial charge is 0.493 e. The number of likely N-dealkylation sites (N-methyl/N-ethyl adjacent to an activating group) is 1. The first-order valence-electron chi connectivity index (χ1n) is 6.19. The van der Waals surface area contributed by atoms with Crippen LogP contribution in [-0.4, -0.2) is 36.9 Å². The summed E-state index contributed by atoms with van der Waals surface area (Å²) in [6.07, 6.45) is 0. The zero-order chi connectivity index (χ0) is 14.5. The first-order chi connectivity index (χ1) is 8.92. The number of carboxylic acids is 1. The van der Waals surface area contributed by atoms with Crippen molar-refractivity contribution in [1.82, 2.24) is 5.32 Å². The highest BCUT2D eigenvalue weighted by molar-refractivity contribution is 5.78. The molecule has 19 heavy (non-hydrogen) atoms. The highest BCUT2D eigenvalue weighted by Gasteiger charge is 2.33. The second-order valence-corrected chi connectivity index (χ2v) is 4.61. The van der Waals surface area contributed by atoms with E-state index in [0.29, 0.717) is 18.0 Å². The Kier molecular flexibility index (Phi) is 5.18. The lowest BCUT2D eigenvalue weighted by atomic mass is 10.0. The van der Waals surface area contributed by atoms with Crippen LogP contribution in [0.25, 0.3) is 0 Å². The molecule has 1 aromatic carbocycles. The molecular weight excluding hydrogens is 246 g/mol. The fourth-order valence-corrected chi connectivity index (χ4v) is 1.69. The van der Waals surface area contributed by atoms with Crippen LogP contribution in [-0.2, 0) is 4.79 Å². The average Bonchev–Trinajstić information content (AvgIpc) is 2.37. The van der Waals surface area contributed by atoms with Gasteiger partial charge >= 0.3 is 5.97 Å². The third-order valence-corrected chi connectivity index (χ3v) is 2.87. The van der Waals surface area contributed by atoms with Crippen molar-refractivity contribution in [3.63, 3.8) is 0 Å². The Morgan fingerprint density at radius 2 is 2.11 bits per heavy atom. The number of benzene rings is 1. The summed E-state index contributed by atoms with van der Waals surface area (Å²) in [5.74, 6) is 0.197. The van der Waals surface area contributed by atoms with Gasteiger partial charge in [-0.25, -0.2) is 0 Å². The first kappa shape index (κ1) is 15.3. The van der Waals surface area contributed by atoms with Crippen molar-refractivity contribution in [3.05, 3.63) is 23.8 Å². The molecule has 0 spiro atoms. The molecule has 1 unspecified atom stereocenters. The third kappa shape index (κ3) is 3.86. The van der Waals surface area contributed by atoms with Crippen molar-refractivity contribution >= 4 is 5.97 Å². The summed E-state index contributed by atoms with van der Waals surface area (Å²) in [7, 11) is 1.56. The van der Waals surface area contributed by atoms with E-state index >= 15 is 0 Å². The van der Waals surface area contributed by atoms with Gasteiger partial charge in [0.25, 0.3) is 0 Å². The third-order valence-electron chi connectivity index (χ3n) is 2.87. The van der Waals surface area contributed by atoms with E-state index in [4.69, 9.17) is 9.47 Å². The molecule has 0 amide bonds. The fraction of sp³-hybridized carbons (Fsp3) is 0.500. The lowest BCUT2D eigenvalue weighted by Crippen LogP contribution is -2.53. The van der Waals surface area contributed by atoms with Crippen LogP contribution in [0.5, 0.6) is 11.5 Å². The number of carboxylic acid groups (broad SMARTS) is 1. The van der Waals surface area contributed by atoms with E-state index in [1.807, 2.05) is 26.0 Å². The van der Waals surface area contributed by atoms with E-state index in [-0.39, 0.29) is 6.61 Å². The predicted octanol–water partition coefficient (Wildman–Crippen LogP) is 1.84. The minimum absolute atomic E-state index is 0.0234. The van der Waals surface area contributed by atoms with Crippen LogP contribution in [0.15, 0.2) is 18.2 Å². The molecule has 5 nitrogen and oxygen atoms in total. The van der Waals surface area contributed by atoms with Gasteiger partial charge in [-0.15, -0.1) is 0 Å². The number of hydrogen-bond acceptors (Lipinski definition) is 4. The normalized spacial score (nSPS) is 13.7. The summed E-state index contributed by atoms with van der Waals surface area (Å²) in [6.45, 7) is 5.98. The standard InChI is InChI=1S/C14H21NO4/c1-5-15-14(3,13(16)17)9-19-11-7-6-10(2)8-12(11)18-4/h6-8,15H,5,9H2,1-4H3,(H,16,17). The molecule has 1 aromatic rings. The van der Waals surface area contributed by atoms with Crippen LogP contribution in [0.2, 0.25) is 0 Å². The van der Waals surface area contributed by atoms with Gasteiger partial charge in [-0.3, -0.25) is 10.1 Å².